The van der Waals surface area contributed by atoms with Gasteiger partial charge in [0.1, 0.15) is 61.0 Å². The van der Waals surface area contributed by atoms with Crippen LogP contribution in [0.4, 0.5) is 73.3 Å². The first kappa shape index (κ1) is 118. The summed E-state index contributed by atoms with van der Waals surface area (Å²) in [6, 6.07) is 0. The zero-order chi connectivity index (χ0) is 107. The van der Waals surface area contributed by atoms with Crippen LogP contribution >= 0.6 is 15.9 Å². The lowest BCUT2D eigenvalue weighted by Crippen LogP contribution is -2.44. The maximum atomic E-state index is 12.7. The number of hydrogen-bond acceptors (Lipinski definition) is 36. The standard InChI is InChI=1S/C21H33N3O5.C20H31N3O5.C20H29N3O5.C20H27N3O5.C11H16BrN3O.C10H11N3O/c1-20(2,3)28-18(25)24(19(26)29-21(4,5)6)17-13-22-16(12-23-17)14-9-8-10-15(11-14)27-7;3*1-19(2,3)27-17(25)23(18(26)28-20(4,5)6)16-12-21-15(11-22-16)13-8-7-9-14(24)10-13;1-16-8-4-2-3-7(5-8)9-6-14-11(13)10(12)15-9;11-10-6-12-9(5-13-10)7-2-1-3-8(14)4-7/h12-15H,8-11H2,1-7H3;11-14,24H,7-10H2,1-6H3;11-13H,7-10H2,1-6H3;10-12H,7-9H2,1-6H3;6-8H,2-5H2,1H3,(H2,13,14);4-6H,1-3H2,(H2,11,13)/t14-,15+;13-,14+;;;7-,8+;/m11..1./s1. The molecule has 1 unspecified atom stereocenters. The van der Waals surface area contributed by atoms with Gasteiger partial charge in [-0.05, 0) is 302 Å². The molecule has 4 saturated carbocycles. The highest BCUT2D eigenvalue weighted by Gasteiger charge is 2.41. The number of allylic oxidation sites excluding steroid dienone is 4. The van der Waals surface area contributed by atoms with E-state index in [1.54, 1.807) is 217 Å². The molecule has 0 aromatic carbocycles. The van der Waals surface area contributed by atoms with Crippen LogP contribution in [0, 0.1) is 0 Å². The van der Waals surface area contributed by atoms with Gasteiger partial charge in [-0.25, -0.2) is 73.2 Å². The average molecular weight is 2060 g/mol. The number of amides is 8. The van der Waals surface area contributed by atoms with Crippen molar-refractivity contribution < 1.29 is 105 Å². The fourth-order valence-electron chi connectivity index (χ4n) is 15.1. The van der Waals surface area contributed by atoms with Crippen LogP contribution in [0.2, 0.25) is 0 Å². The third-order valence-electron chi connectivity index (χ3n) is 21.4. The number of aliphatic hydroxyl groups is 1. The number of anilines is 6. The van der Waals surface area contributed by atoms with Gasteiger partial charge in [0.2, 0.25) is 0 Å². The fourth-order valence-corrected chi connectivity index (χ4v) is 15.4. The van der Waals surface area contributed by atoms with Gasteiger partial charge in [-0.15, -0.1) is 0 Å². The van der Waals surface area contributed by atoms with E-state index in [1.165, 1.54) is 49.8 Å². The Morgan fingerprint density at radius 1 is 0.329 bits per heavy atom. The highest BCUT2D eigenvalue weighted by atomic mass is 79.9. The SMILES string of the molecule is CC(C)(C)OC(=O)N(C(=O)OC(C)(C)C)c1cnc(C2=CC(=O)CCC2)cn1.CC(C)(C)OC(=O)N(C(=O)OC(C)(C)C)c1cnc(C2CCCC(=O)C2)cn1.CC(C)(C)OC(=O)N(C(=O)OC(C)(C)C)c1cnc([C@@H]2CCC[C@H](O)C2)cn1.CO[C@H]1CCC[C@@H](c2cnc(N(C(=O)OC(C)(C)C)C(=O)OC(C)(C)C)cn2)C1.CO[C@H]1CCC[C@@H](c2cnc(N)c(Br)n2)C1.Nc1cnc(C2=CC(=O)CCC2)cn1. The van der Waals surface area contributed by atoms with Crippen molar-refractivity contribution in [1.29, 1.82) is 0 Å². The summed E-state index contributed by atoms with van der Waals surface area (Å²) < 4.78 is 54.2. The maximum Gasteiger partial charge on any atom is 0.425 e. The Kier molecular flexibility index (Phi) is 42.8. The first-order valence-electron chi connectivity index (χ1n) is 48.3. The molecule has 6 heterocycles. The van der Waals surface area contributed by atoms with Crippen LogP contribution in [0.1, 0.15) is 365 Å². The van der Waals surface area contributed by atoms with E-state index in [4.69, 9.17) is 58.8 Å². The van der Waals surface area contributed by atoms with Crippen molar-refractivity contribution in [3.05, 3.63) is 119 Å². The Morgan fingerprint density at radius 3 is 0.902 bits per heavy atom. The molecule has 6 aromatic rings. The molecule has 40 nitrogen and oxygen atoms in total. The number of nitrogens with two attached hydrogens (primary N) is 2. The number of ketones is 3. The fraction of sp³-hybridized carbons (Fsp3) is 0.618. The first-order chi connectivity index (χ1) is 66.4. The monoisotopic (exact) mass is 2060 g/mol. The summed E-state index contributed by atoms with van der Waals surface area (Å²) in [4.78, 5) is 190. The molecule has 0 radical (unpaired) electrons. The van der Waals surface area contributed by atoms with E-state index in [9.17, 15) is 57.8 Å². The third-order valence-corrected chi connectivity index (χ3v) is 22.0. The molecule has 6 aliphatic rings. The van der Waals surface area contributed by atoms with Crippen molar-refractivity contribution in [2.45, 2.75) is 394 Å². The largest absolute Gasteiger partial charge is 0.443 e. The molecular weight excluding hydrogens is 1910 g/mol. The second kappa shape index (κ2) is 51.9. The minimum absolute atomic E-state index is 0.00869. The van der Waals surface area contributed by atoms with Crippen LogP contribution in [0.15, 0.2) is 84.9 Å². The summed E-state index contributed by atoms with van der Waals surface area (Å²) >= 11 is 3.31. The van der Waals surface area contributed by atoms with E-state index in [0.29, 0.717) is 76.7 Å². The maximum absolute atomic E-state index is 12.7. The van der Waals surface area contributed by atoms with Gasteiger partial charge >= 0.3 is 48.7 Å². The molecule has 5 N–H and O–H groups in total. The molecule has 8 amide bonds. The Bertz CT molecular complexity index is 5230. The second-order valence-electron chi connectivity index (χ2n) is 43.4. The van der Waals surface area contributed by atoms with Gasteiger partial charge in [0, 0.05) is 63.6 Å². The van der Waals surface area contributed by atoms with Crippen molar-refractivity contribution in [2.24, 2.45) is 0 Å². The van der Waals surface area contributed by atoms with Crippen LogP contribution in [0.5, 0.6) is 0 Å². The van der Waals surface area contributed by atoms with Gasteiger partial charge in [0.05, 0.1) is 121 Å². The van der Waals surface area contributed by atoms with E-state index >= 15 is 0 Å². The number of Topliss-reactive ketones (excluding diaryl/α,β-unsaturated/α-hetero) is 1. The number of imide groups is 4. The van der Waals surface area contributed by atoms with E-state index in [-0.39, 0.29) is 70.6 Å². The Labute approximate surface area is 847 Å². The highest BCUT2D eigenvalue weighted by molar-refractivity contribution is 9.10. The summed E-state index contributed by atoms with van der Waals surface area (Å²) in [5, 5.41) is 9.87. The van der Waals surface area contributed by atoms with Crippen molar-refractivity contribution in [3.8, 4) is 0 Å². The van der Waals surface area contributed by atoms with Crippen LogP contribution in [-0.4, -0.2) is 208 Å². The van der Waals surface area contributed by atoms with Gasteiger partial charge in [-0.3, -0.25) is 39.3 Å². The smallest absolute Gasteiger partial charge is 0.425 e. The zero-order valence-electron chi connectivity index (χ0n) is 87.8. The number of nitrogen functional groups attached to an aromatic ring is 2. The lowest BCUT2D eigenvalue weighted by Gasteiger charge is -2.29. The third kappa shape index (κ3) is 41.3. The predicted molar refractivity (Wildman–Crippen MR) is 540 cm³/mol. The van der Waals surface area contributed by atoms with E-state index in [1.807, 2.05) is 0 Å². The summed E-state index contributed by atoms with van der Waals surface area (Å²) in [5.41, 5.74) is 11.0. The van der Waals surface area contributed by atoms with Gasteiger partial charge in [-0.1, -0.05) is 19.3 Å². The summed E-state index contributed by atoms with van der Waals surface area (Å²) in [6.45, 7) is 41.0. The minimum atomic E-state index is -0.907. The first-order valence-corrected chi connectivity index (χ1v) is 49.1. The van der Waals surface area contributed by atoms with Crippen molar-refractivity contribution in [3.63, 3.8) is 0 Å². The molecule has 4 fully saturated rings. The number of hydrogen-bond donors (Lipinski definition) is 3. The Balaban J connectivity index is 0.000000237. The Morgan fingerprint density at radius 2 is 0.622 bits per heavy atom. The quantitative estimate of drug-likeness (QED) is 0.0958. The van der Waals surface area contributed by atoms with Crippen LogP contribution in [-0.2, 0) is 61.8 Å². The number of carbonyl (C=O) groups is 11. The molecule has 0 spiro atoms. The number of aromatic nitrogens is 12. The number of halogens is 1. The highest BCUT2D eigenvalue weighted by Crippen LogP contribution is 2.39. The van der Waals surface area contributed by atoms with E-state index in [0.717, 1.165) is 151 Å². The molecule has 6 aromatic heterocycles. The van der Waals surface area contributed by atoms with Gasteiger partial charge in [0.15, 0.2) is 40.7 Å². The summed E-state index contributed by atoms with van der Waals surface area (Å²) in [5.74, 6) is 2.19. The van der Waals surface area contributed by atoms with Gasteiger partial charge < -0.3 is 63.9 Å². The van der Waals surface area contributed by atoms with Crippen molar-refractivity contribution in [1.82, 2.24) is 59.8 Å². The van der Waals surface area contributed by atoms with E-state index < -0.39 is 93.6 Å². The summed E-state index contributed by atoms with van der Waals surface area (Å²) in [6.07, 6.45) is 31.8. The molecule has 784 valence electrons. The second-order valence-corrected chi connectivity index (χ2v) is 44.2. The predicted octanol–water partition coefficient (Wildman–Crippen LogP) is 21.4. The van der Waals surface area contributed by atoms with Crippen LogP contribution in [0.3, 0.4) is 0 Å². The topological polar surface area (TPSA) is 520 Å². The summed E-state index contributed by atoms with van der Waals surface area (Å²) in [7, 11) is 3.50. The molecular formula is C102H147BrN18O22. The molecule has 7 atom stereocenters. The average Bonchev–Trinajstić information content (AvgIpc) is 0.819. The lowest BCUT2D eigenvalue weighted by molar-refractivity contribution is -0.120. The van der Waals surface area contributed by atoms with Crippen molar-refractivity contribution >= 4 is 128 Å². The zero-order valence-corrected chi connectivity index (χ0v) is 89.4. The number of carbonyl (C=O) groups excluding carboxylic acids is 11. The van der Waals surface area contributed by atoms with Gasteiger partial charge in [-0.2, -0.15) is 19.6 Å². The number of rotatable bonds is 12. The molecule has 6 aliphatic carbocycles. The lowest BCUT2D eigenvalue weighted by atomic mass is 9.85. The van der Waals surface area contributed by atoms with Gasteiger partial charge in [0.25, 0.3) is 0 Å². The number of nitrogens with zero attached hydrogens (tertiary/aromatic N) is 16. The molecule has 0 saturated heterocycles. The van der Waals surface area contributed by atoms with Crippen LogP contribution in [0.25, 0.3) is 11.1 Å². The molecule has 12 rings (SSSR count). The minimum Gasteiger partial charge on any atom is -0.443 e. The number of aliphatic hydroxyl groups excluding tert-OH is 1. The van der Waals surface area contributed by atoms with Crippen molar-refractivity contribution in [2.75, 3.05) is 45.3 Å². The van der Waals surface area contributed by atoms with E-state index in [2.05, 4.69) is 75.7 Å². The molecule has 0 bridgehead atoms. The molecule has 0 aliphatic heterocycles. The molecule has 41 heteroatoms. The number of methoxy groups -OCH3 is 2. The Hall–Kier alpha value is -12.1. The van der Waals surface area contributed by atoms with Crippen LogP contribution < -0.4 is 31.1 Å². The molecule has 143 heavy (non-hydrogen) atoms. The number of ether oxygens (including phenoxy) is 10. The normalized spacial score (nSPS) is 19.0.